The number of allylic oxidation sites excluding steroid dienone is 8. The van der Waals surface area contributed by atoms with Gasteiger partial charge in [0.2, 0.25) is 0 Å². The van der Waals surface area contributed by atoms with E-state index < -0.39 is 0 Å². The third-order valence-corrected chi connectivity index (χ3v) is 11.5. The molecule has 0 bridgehead atoms. The highest BCUT2D eigenvalue weighted by Crippen LogP contribution is 2.59. The molecule has 3 unspecified atom stereocenters. The zero-order chi connectivity index (χ0) is 32.8. The van der Waals surface area contributed by atoms with E-state index >= 15 is 0 Å². The summed E-state index contributed by atoms with van der Waals surface area (Å²) in [5.74, 6) is 1.17. The highest BCUT2D eigenvalue weighted by atomic mass is 15.1. The van der Waals surface area contributed by atoms with E-state index in [1.165, 1.54) is 72.0 Å². The number of rotatable bonds is 4. The summed E-state index contributed by atoms with van der Waals surface area (Å²) in [4.78, 5) is 2.48. The van der Waals surface area contributed by atoms with Gasteiger partial charge in [0, 0.05) is 51.3 Å². The van der Waals surface area contributed by atoms with Crippen molar-refractivity contribution in [2.45, 2.75) is 18.3 Å². The van der Waals surface area contributed by atoms with Crippen LogP contribution in [0.15, 0.2) is 187 Å². The molecule has 0 fully saturated rings. The Balaban J connectivity index is 1.08. The second-order valence-corrected chi connectivity index (χ2v) is 14.1. The molecule has 11 rings (SSSR count). The molecule has 0 spiro atoms. The molecule has 1 heterocycles. The molecule has 4 aliphatic carbocycles. The smallest absolute Gasteiger partial charge is 0.0542 e. The van der Waals surface area contributed by atoms with Gasteiger partial charge in [0.25, 0.3) is 0 Å². The maximum absolute atomic E-state index is 2.53. The average Bonchev–Trinajstić information content (AvgIpc) is 3.69. The summed E-state index contributed by atoms with van der Waals surface area (Å²) >= 11 is 0. The highest BCUT2D eigenvalue weighted by Gasteiger charge is 2.44. The largest absolute Gasteiger partial charge is 0.311 e. The summed E-state index contributed by atoms with van der Waals surface area (Å²) in [5, 5.41) is 5.03. The molecule has 4 aliphatic rings. The Hall–Kier alpha value is -6.12. The molecule has 236 valence electrons. The zero-order valence-electron chi connectivity index (χ0n) is 27.6. The van der Waals surface area contributed by atoms with Gasteiger partial charge in [0.05, 0.1) is 11.0 Å². The molecule has 3 atom stereocenters. The number of fused-ring (bicyclic) bond motifs is 9. The van der Waals surface area contributed by atoms with Crippen LogP contribution >= 0.6 is 0 Å². The van der Waals surface area contributed by atoms with E-state index in [0.717, 1.165) is 6.42 Å². The van der Waals surface area contributed by atoms with Gasteiger partial charge in [-0.05, 0) is 94.1 Å². The molecule has 0 amide bonds. The molecule has 7 aromatic rings. The van der Waals surface area contributed by atoms with Gasteiger partial charge in [0.1, 0.15) is 0 Å². The first kappa shape index (κ1) is 27.8. The molecular weight excluding hydrogens is 605 g/mol. The van der Waals surface area contributed by atoms with Crippen molar-refractivity contribution < 1.29 is 0 Å². The number of hydrogen-bond donors (Lipinski definition) is 0. The monoisotopic (exact) mass is 638 g/mol. The fourth-order valence-corrected chi connectivity index (χ4v) is 9.34. The molecule has 6 aromatic carbocycles. The standard InChI is InChI=1S/C48H34N2/c1-2-15-35(16-3-1)49(37-23-25-40-42-19-10-14-34-27-33-13-6-7-17-39(33)48(47(34)42)44(40)30-37)38-24-26-46-43(29-38)41-18-8-9-20-45(41)50(46)36-22-21-31-11-4-5-12-32(31)28-36/h1-24,26-30,39-40,48H,25H2. The van der Waals surface area contributed by atoms with Gasteiger partial charge in [-0.25, -0.2) is 0 Å². The quantitative estimate of drug-likeness (QED) is 0.186. The number of benzene rings is 6. The lowest BCUT2D eigenvalue weighted by Gasteiger charge is -2.34. The maximum atomic E-state index is 2.53. The predicted octanol–water partition coefficient (Wildman–Crippen LogP) is 12.3. The molecule has 2 heteroatoms. The van der Waals surface area contributed by atoms with Crippen LogP contribution in [0.25, 0.3) is 44.3 Å². The van der Waals surface area contributed by atoms with Crippen LogP contribution in [0.1, 0.15) is 34.9 Å². The van der Waals surface area contributed by atoms with E-state index in [1.807, 2.05) is 0 Å². The van der Waals surface area contributed by atoms with Crippen LogP contribution < -0.4 is 4.90 Å². The number of anilines is 2. The van der Waals surface area contributed by atoms with Crippen molar-refractivity contribution in [2.75, 3.05) is 4.90 Å². The highest BCUT2D eigenvalue weighted by molar-refractivity contribution is 6.10. The minimum absolute atomic E-state index is 0.371. The Kier molecular flexibility index (Phi) is 5.94. The molecule has 0 radical (unpaired) electrons. The number of nitrogens with zero attached hydrogens (tertiary/aromatic N) is 2. The van der Waals surface area contributed by atoms with Crippen molar-refractivity contribution >= 4 is 50.0 Å². The van der Waals surface area contributed by atoms with Crippen LogP contribution in [0.3, 0.4) is 0 Å². The van der Waals surface area contributed by atoms with Crippen molar-refractivity contribution in [1.29, 1.82) is 0 Å². The van der Waals surface area contributed by atoms with Crippen molar-refractivity contribution in [3.63, 3.8) is 0 Å². The van der Waals surface area contributed by atoms with E-state index in [1.54, 1.807) is 11.1 Å². The minimum Gasteiger partial charge on any atom is -0.311 e. The van der Waals surface area contributed by atoms with Gasteiger partial charge >= 0.3 is 0 Å². The lowest BCUT2D eigenvalue weighted by molar-refractivity contribution is 0.630. The summed E-state index contributed by atoms with van der Waals surface area (Å²) in [7, 11) is 0. The van der Waals surface area contributed by atoms with Gasteiger partial charge in [0.15, 0.2) is 0 Å². The fourth-order valence-electron chi connectivity index (χ4n) is 9.34. The molecule has 0 saturated heterocycles. The van der Waals surface area contributed by atoms with E-state index in [9.17, 15) is 0 Å². The van der Waals surface area contributed by atoms with Crippen LogP contribution in [0.5, 0.6) is 0 Å². The SMILES string of the molecule is C1=CC2=Cc3cccc4c3C(C3=CC(N(c5ccccc5)c5ccc6c(c5)c5ccccc5n6-c5ccc6ccccc6c5)=CCC34)C2C=C1. The first-order valence-electron chi connectivity index (χ1n) is 17.8. The molecular formula is C48H34N2. The molecule has 0 N–H and O–H groups in total. The van der Waals surface area contributed by atoms with E-state index in [4.69, 9.17) is 0 Å². The number of hydrogen-bond acceptors (Lipinski definition) is 1. The lowest BCUT2D eigenvalue weighted by atomic mass is 9.72. The van der Waals surface area contributed by atoms with E-state index in [2.05, 4.69) is 185 Å². The first-order chi connectivity index (χ1) is 24.8. The van der Waals surface area contributed by atoms with Gasteiger partial charge in [-0.15, -0.1) is 0 Å². The fraction of sp³-hybridized carbons (Fsp3) is 0.0833. The van der Waals surface area contributed by atoms with E-state index in [0.29, 0.717) is 17.8 Å². The van der Waals surface area contributed by atoms with Gasteiger partial charge in [-0.2, -0.15) is 0 Å². The van der Waals surface area contributed by atoms with Crippen LogP contribution in [-0.2, 0) is 0 Å². The molecule has 0 aliphatic heterocycles. The summed E-state index contributed by atoms with van der Waals surface area (Å²) in [6.45, 7) is 0. The van der Waals surface area contributed by atoms with Gasteiger partial charge in [-0.3, -0.25) is 0 Å². The van der Waals surface area contributed by atoms with Crippen molar-refractivity contribution in [3.8, 4) is 5.69 Å². The minimum atomic E-state index is 0.371. The normalized spacial score (nSPS) is 19.9. The van der Waals surface area contributed by atoms with E-state index in [-0.39, 0.29) is 0 Å². The van der Waals surface area contributed by atoms with Crippen molar-refractivity contribution in [2.24, 2.45) is 5.92 Å². The Bertz CT molecular complexity index is 2700. The summed E-state index contributed by atoms with van der Waals surface area (Å²) in [5.41, 5.74) is 14.6. The third kappa shape index (κ3) is 4.02. The van der Waals surface area contributed by atoms with Crippen molar-refractivity contribution in [1.82, 2.24) is 4.57 Å². The molecule has 2 nitrogen and oxygen atoms in total. The Morgan fingerprint density at radius 3 is 2.40 bits per heavy atom. The van der Waals surface area contributed by atoms with Crippen LogP contribution in [-0.4, -0.2) is 4.57 Å². The zero-order valence-corrected chi connectivity index (χ0v) is 27.6. The van der Waals surface area contributed by atoms with Crippen molar-refractivity contribution in [3.05, 3.63) is 203 Å². The predicted molar refractivity (Wildman–Crippen MR) is 209 cm³/mol. The van der Waals surface area contributed by atoms with Crippen LogP contribution in [0.2, 0.25) is 0 Å². The second kappa shape index (κ2) is 10.7. The van der Waals surface area contributed by atoms with Crippen LogP contribution in [0.4, 0.5) is 11.4 Å². The molecule has 50 heavy (non-hydrogen) atoms. The summed E-state index contributed by atoms with van der Waals surface area (Å²) < 4.78 is 2.42. The topological polar surface area (TPSA) is 8.17 Å². The average molecular weight is 639 g/mol. The number of aromatic nitrogens is 1. The Labute approximate surface area is 291 Å². The van der Waals surface area contributed by atoms with Crippen LogP contribution in [0, 0.1) is 5.92 Å². The Morgan fingerprint density at radius 1 is 0.620 bits per heavy atom. The number of para-hydroxylation sites is 2. The lowest BCUT2D eigenvalue weighted by Crippen LogP contribution is -2.21. The Morgan fingerprint density at radius 2 is 1.46 bits per heavy atom. The molecule has 0 saturated carbocycles. The maximum Gasteiger partial charge on any atom is 0.0542 e. The third-order valence-electron chi connectivity index (χ3n) is 11.5. The summed E-state index contributed by atoms with van der Waals surface area (Å²) in [6.07, 6.45) is 17.6. The second-order valence-electron chi connectivity index (χ2n) is 14.1. The van der Waals surface area contributed by atoms with Gasteiger partial charge in [-0.1, -0.05) is 127 Å². The van der Waals surface area contributed by atoms with Gasteiger partial charge < -0.3 is 9.47 Å². The molecule has 1 aromatic heterocycles. The first-order valence-corrected chi connectivity index (χ1v) is 17.8. The summed E-state index contributed by atoms with van der Waals surface area (Å²) in [6, 6.07) is 49.2.